The molecule has 5 heteroatoms. The van der Waals surface area contributed by atoms with Crippen molar-refractivity contribution in [1.29, 1.82) is 0 Å². The lowest BCUT2D eigenvalue weighted by atomic mass is 9.77. The predicted octanol–water partition coefficient (Wildman–Crippen LogP) is 2.11. The zero-order chi connectivity index (χ0) is 17.0. The summed E-state index contributed by atoms with van der Waals surface area (Å²) in [5, 5.41) is 15.7. The second-order valence-corrected chi connectivity index (χ2v) is 6.97. The number of benzene rings is 1. The number of hydrazone groups is 1. The third-order valence-electron chi connectivity index (χ3n) is 5.56. The van der Waals surface area contributed by atoms with Gasteiger partial charge in [0.25, 0.3) is 5.91 Å². The largest absolute Gasteiger partial charge is 0.396 e. The van der Waals surface area contributed by atoms with Gasteiger partial charge in [-0.3, -0.25) is 9.69 Å². The fourth-order valence-electron chi connectivity index (χ4n) is 3.55. The van der Waals surface area contributed by atoms with E-state index in [0.29, 0.717) is 13.1 Å². The highest BCUT2D eigenvalue weighted by atomic mass is 16.3. The van der Waals surface area contributed by atoms with E-state index < -0.39 is 0 Å². The van der Waals surface area contributed by atoms with Crippen molar-refractivity contribution in [3.63, 3.8) is 0 Å². The minimum Gasteiger partial charge on any atom is -0.396 e. The molecule has 1 saturated heterocycles. The van der Waals surface area contributed by atoms with Gasteiger partial charge in [0.05, 0.1) is 18.8 Å². The molecule has 1 aromatic rings. The molecule has 2 aliphatic heterocycles. The maximum atomic E-state index is 12.5. The molecule has 0 radical (unpaired) electrons. The summed E-state index contributed by atoms with van der Waals surface area (Å²) < 4.78 is 0. The Morgan fingerprint density at radius 3 is 2.54 bits per heavy atom. The number of rotatable bonds is 5. The standard InChI is InChI=1S/C19H27N3O2/c1-2-19(15-23)9-12-21(13-10-19)14-18(24)22-11-8-17(20-22)16-6-4-3-5-7-16/h3-7,23H,2,8-15H2,1H3. The Balaban J connectivity index is 1.54. The first-order valence-electron chi connectivity index (χ1n) is 8.92. The van der Waals surface area contributed by atoms with Crippen LogP contribution in [0.1, 0.15) is 38.2 Å². The lowest BCUT2D eigenvalue weighted by Crippen LogP contribution is -2.45. The summed E-state index contributed by atoms with van der Waals surface area (Å²) in [6.45, 7) is 5.25. The Labute approximate surface area is 144 Å². The van der Waals surface area contributed by atoms with Crippen molar-refractivity contribution in [3.8, 4) is 0 Å². The van der Waals surface area contributed by atoms with Crippen LogP contribution in [0.3, 0.4) is 0 Å². The lowest BCUT2D eigenvalue weighted by Gasteiger charge is -2.40. The van der Waals surface area contributed by atoms with Crippen LogP contribution in [0.4, 0.5) is 0 Å². The Kier molecular flexibility index (Phi) is 5.31. The molecule has 130 valence electrons. The first kappa shape index (κ1) is 17.1. The molecule has 1 aromatic carbocycles. The van der Waals surface area contributed by atoms with Crippen LogP contribution in [-0.2, 0) is 4.79 Å². The topological polar surface area (TPSA) is 56.1 Å². The molecule has 0 unspecified atom stereocenters. The second kappa shape index (κ2) is 7.45. The highest BCUT2D eigenvalue weighted by Gasteiger charge is 2.33. The van der Waals surface area contributed by atoms with E-state index in [1.807, 2.05) is 30.3 Å². The van der Waals surface area contributed by atoms with Crippen LogP contribution >= 0.6 is 0 Å². The molecule has 0 spiro atoms. The summed E-state index contributed by atoms with van der Waals surface area (Å²) in [7, 11) is 0. The molecule has 2 heterocycles. The molecule has 0 atom stereocenters. The summed E-state index contributed by atoms with van der Waals surface area (Å²) in [6, 6.07) is 10.1. The molecule has 1 amide bonds. The van der Waals surface area contributed by atoms with Gasteiger partial charge >= 0.3 is 0 Å². The number of aliphatic hydroxyl groups is 1. The molecule has 2 aliphatic rings. The van der Waals surface area contributed by atoms with Crippen molar-refractivity contribution in [2.75, 3.05) is 32.8 Å². The van der Waals surface area contributed by atoms with Crippen molar-refractivity contribution in [3.05, 3.63) is 35.9 Å². The number of nitrogens with zero attached hydrogens (tertiary/aromatic N) is 3. The van der Waals surface area contributed by atoms with Gasteiger partial charge in [0.15, 0.2) is 0 Å². The summed E-state index contributed by atoms with van der Waals surface area (Å²) in [5.74, 6) is 0.0777. The van der Waals surface area contributed by atoms with Crippen LogP contribution in [0, 0.1) is 5.41 Å². The van der Waals surface area contributed by atoms with E-state index >= 15 is 0 Å². The lowest BCUT2D eigenvalue weighted by molar-refractivity contribution is -0.132. The second-order valence-electron chi connectivity index (χ2n) is 6.97. The number of aliphatic hydroxyl groups excluding tert-OH is 1. The van der Waals surface area contributed by atoms with Gasteiger partial charge in [-0.25, -0.2) is 5.01 Å². The predicted molar refractivity (Wildman–Crippen MR) is 94.8 cm³/mol. The van der Waals surface area contributed by atoms with Crippen LogP contribution < -0.4 is 0 Å². The minimum atomic E-state index is 0.0613. The van der Waals surface area contributed by atoms with Crippen LogP contribution in [-0.4, -0.2) is 59.4 Å². The number of carbonyl (C=O) groups excluding carboxylic acids is 1. The Bertz CT molecular complexity index is 586. The van der Waals surface area contributed by atoms with Gasteiger partial charge in [-0.05, 0) is 43.3 Å². The fourth-order valence-corrected chi connectivity index (χ4v) is 3.55. The van der Waals surface area contributed by atoms with E-state index in [4.69, 9.17) is 0 Å². The molecule has 3 rings (SSSR count). The van der Waals surface area contributed by atoms with E-state index in [-0.39, 0.29) is 17.9 Å². The van der Waals surface area contributed by atoms with Gasteiger partial charge in [0.1, 0.15) is 0 Å². The van der Waals surface area contributed by atoms with E-state index in [1.165, 1.54) is 0 Å². The summed E-state index contributed by atoms with van der Waals surface area (Å²) in [4.78, 5) is 14.7. The molecular formula is C19H27N3O2. The zero-order valence-corrected chi connectivity index (χ0v) is 14.4. The van der Waals surface area contributed by atoms with Gasteiger partial charge in [-0.2, -0.15) is 5.10 Å². The molecule has 1 fully saturated rings. The maximum Gasteiger partial charge on any atom is 0.256 e. The first-order chi connectivity index (χ1) is 11.7. The third-order valence-corrected chi connectivity index (χ3v) is 5.56. The van der Waals surface area contributed by atoms with Crippen molar-refractivity contribution < 1.29 is 9.90 Å². The van der Waals surface area contributed by atoms with Crippen LogP contribution in [0.2, 0.25) is 0 Å². The number of hydrogen-bond acceptors (Lipinski definition) is 4. The number of carbonyl (C=O) groups is 1. The van der Waals surface area contributed by atoms with Crippen molar-refractivity contribution in [1.82, 2.24) is 9.91 Å². The molecule has 24 heavy (non-hydrogen) atoms. The number of likely N-dealkylation sites (tertiary alicyclic amines) is 1. The Morgan fingerprint density at radius 2 is 1.92 bits per heavy atom. The normalized spacial score (nSPS) is 20.9. The van der Waals surface area contributed by atoms with Crippen molar-refractivity contribution in [2.45, 2.75) is 32.6 Å². The average Bonchev–Trinajstić information content (AvgIpc) is 3.14. The van der Waals surface area contributed by atoms with E-state index in [1.54, 1.807) is 5.01 Å². The van der Waals surface area contributed by atoms with Gasteiger partial charge in [-0.1, -0.05) is 37.3 Å². The number of amides is 1. The van der Waals surface area contributed by atoms with Crippen molar-refractivity contribution >= 4 is 11.6 Å². The van der Waals surface area contributed by atoms with Gasteiger partial charge in [0.2, 0.25) is 0 Å². The monoisotopic (exact) mass is 329 g/mol. The Hall–Kier alpha value is -1.72. The van der Waals surface area contributed by atoms with E-state index in [9.17, 15) is 9.90 Å². The first-order valence-corrected chi connectivity index (χ1v) is 8.92. The molecule has 0 saturated carbocycles. The highest BCUT2D eigenvalue weighted by Crippen LogP contribution is 2.34. The molecule has 0 aliphatic carbocycles. The highest BCUT2D eigenvalue weighted by molar-refractivity contribution is 6.02. The Morgan fingerprint density at radius 1 is 1.21 bits per heavy atom. The molecule has 1 N–H and O–H groups in total. The average molecular weight is 329 g/mol. The number of piperidine rings is 1. The van der Waals surface area contributed by atoms with Crippen LogP contribution in [0.25, 0.3) is 0 Å². The SMILES string of the molecule is CCC1(CO)CCN(CC(=O)N2CCC(c3ccccc3)=N2)CC1. The van der Waals surface area contributed by atoms with E-state index in [2.05, 4.69) is 16.9 Å². The van der Waals surface area contributed by atoms with Gasteiger partial charge in [0, 0.05) is 13.0 Å². The fraction of sp³-hybridized carbons (Fsp3) is 0.579. The molecule has 0 bridgehead atoms. The summed E-state index contributed by atoms with van der Waals surface area (Å²) in [5.41, 5.74) is 2.15. The zero-order valence-electron chi connectivity index (χ0n) is 14.4. The van der Waals surface area contributed by atoms with Gasteiger partial charge in [-0.15, -0.1) is 0 Å². The van der Waals surface area contributed by atoms with Crippen LogP contribution in [0.15, 0.2) is 35.4 Å². The van der Waals surface area contributed by atoms with E-state index in [0.717, 1.165) is 50.0 Å². The van der Waals surface area contributed by atoms with Gasteiger partial charge < -0.3 is 5.11 Å². The summed E-state index contributed by atoms with van der Waals surface area (Å²) in [6.07, 6.45) is 3.75. The smallest absolute Gasteiger partial charge is 0.256 e. The molecule has 0 aromatic heterocycles. The minimum absolute atomic E-state index is 0.0613. The maximum absolute atomic E-state index is 12.5. The molecule has 5 nitrogen and oxygen atoms in total. The van der Waals surface area contributed by atoms with Crippen LogP contribution in [0.5, 0.6) is 0 Å². The number of hydrogen-bond donors (Lipinski definition) is 1. The molecular weight excluding hydrogens is 302 g/mol. The third kappa shape index (κ3) is 3.68. The van der Waals surface area contributed by atoms with Crippen molar-refractivity contribution in [2.24, 2.45) is 10.5 Å². The summed E-state index contributed by atoms with van der Waals surface area (Å²) >= 11 is 0. The quantitative estimate of drug-likeness (QED) is 0.900.